The topological polar surface area (TPSA) is 17.1 Å². The summed E-state index contributed by atoms with van der Waals surface area (Å²) in [5.74, 6) is 0. The number of halogens is 1. The second kappa shape index (κ2) is 4.73. The van der Waals surface area contributed by atoms with Gasteiger partial charge in [-0.05, 0) is 17.7 Å². The Balaban J connectivity index is 2.69. The van der Waals surface area contributed by atoms with Gasteiger partial charge in [0.2, 0.25) is 0 Å². The first kappa shape index (κ1) is 9.01. The fraction of sp³-hybridized carbons (Fsp3) is 0.100. The Morgan fingerprint density at radius 3 is 2.92 bits per heavy atom. The summed E-state index contributed by atoms with van der Waals surface area (Å²) in [7, 11) is 0. The van der Waals surface area contributed by atoms with Gasteiger partial charge in [0.25, 0.3) is 0 Å². The van der Waals surface area contributed by atoms with Crippen LogP contribution in [0.1, 0.15) is 12.0 Å². The van der Waals surface area contributed by atoms with Crippen molar-refractivity contribution in [3.8, 4) is 0 Å². The highest BCUT2D eigenvalue weighted by molar-refractivity contribution is 6.30. The lowest BCUT2D eigenvalue weighted by atomic mass is 10.2. The minimum absolute atomic E-state index is 0.451. The molecule has 62 valence electrons. The molecule has 0 bridgehead atoms. The predicted molar refractivity (Wildman–Crippen MR) is 51.2 cm³/mol. The second-order valence-corrected chi connectivity index (χ2v) is 2.80. The first-order valence-corrected chi connectivity index (χ1v) is 4.06. The van der Waals surface area contributed by atoms with Crippen molar-refractivity contribution in [3.05, 3.63) is 40.9 Å². The van der Waals surface area contributed by atoms with Crippen molar-refractivity contribution in [3.63, 3.8) is 0 Å². The molecule has 1 aromatic carbocycles. The zero-order valence-electron chi connectivity index (χ0n) is 6.53. The van der Waals surface area contributed by atoms with Gasteiger partial charge in [0.15, 0.2) is 0 Å². The van der Waals surface area contributed by atoms with Gasteiger partial charge >= 0.3 is 0 Å². The van der Waals surface area contributed by atoms with E-state index in [4.69, 9.17) is 11.6 Å². The number of hydrogen-bond donors (Lipinski definition) is 0. The van der Waals surface area contributed by atoms with Crippen LogP contribution in [0.3, 0.4) is 0 Å². The molecule has 0 radical (unpaired) electrons. The van der Waals surface area contributed by atoms with Crippen molar-refractivity contribution < 1.29 is 4.79 Å². The molecule has 0 spiro atoms. The van der Waals surface area contributed by atoms with Crippen molar-refractivity contribution in [2.45, 2.75) is 6.42 Å². The third kappa shape index (κ3) is 2.89. The quantitative estimate of drug-likeness (QED) is 0.654. The van der Waals surface area contributed by atoms with Crippen LogP contribution >= 0.6 is 11.6 Å². The van der Waals surface area contributed by atoms with Crippen molar-refractivity contribution in [1.82, 2.24) is 0 Å². The molecule has 1 rings (SSSR count). The molecular formula is C10H9ClO. The monoisotopic (exact) mass is 180 g/mol. The molecule has 0 N–H and O–H groups in total. The van der Waals surface area contributed by atoms with Gasteiger partial charge in [-0.2, -0.15) is 0 Å². The molecule has 1 aromatic rings. The summed E-state index contributed by atoms with van der Waals surface area (Å²) < 4.78 is 0. The molecule has 0 amide bonds. The molecule has 2 heteroatoms. The van der Waals surface area contributed by atoms with E-state index in [9.17, 15) is 4.79 Å². The van der Waals surface area contributed by atoms with Gasteiger partial charge < -0.3 is 4.79 Å². The minimum atomic E-state index is 0.451. The van der Waals surface area contributed by atoms with Crippen LogP contribution in [-0.4, -0.2) is 6.29 Å². The number of carbonyl (C=O) groups excluding carboxylic acids is 1. The van der Waals surface area contributed by atoms with Crippen molar-refractivity contribution in [2.24, 2.45) is 0 Å². The second-order valence-electron chi connectivity index (χ2n) is 2.36. The first-order valence-electron chi connectivity index (χ1n) is 3.68. The molecule has 0 unspecified atom stereocenters. The smallest absolute Gasteiger partial charge is 0.123 e. The Bertz CT molecular complexity index is 292. The average Bonchev–Trinajstić information content (AvgIpc) is 2.05. The first-order chi connectivity index (χ1) is 5.83. The highest BCUT2D eigenvalue weighted by atomic mass is 35.5. The summed E-state index contributed by atoms with van der Waals surface area (Å²) in [6, 6.07) is 7.48. The van der Waals surface area contributed by atoms with Gasteiger partial charge in [-0.1, -0.05) is 35.9 Å². The Morgan fingerprint density at radius 2 is 2.25 bits per heavy atom. The molecule has 0 saturated heterocycles. The maximum absolute atomic E-state index is 9.98. The van der Waals surface area contributed by atoms with Crippen LogP contribution in [0.4, 0.5) is 0 Å². The van der Waals surface area contributed by atoms with E-state index in [2.05, 4.69) is 0 Å². The summed E-state index contributed by atoms with van der Waals surface area (Å²) >= 11 is 5.75. The maximum Gasteiger partial charge on any atom is 0.123 e. The Hall–Kier alpha value is -1.08. The van der Waals surface area contributed by atoms with Crippen LogP contribution in [0.25, 0.3) is 6.08 Å². The van der Waals surface area contributed by atoms with Gasteiger partial charge in [-0.3, -0.25) is 0 Å². The van der Waals surface area contributed by atoms with E-state index in [1.165, 1.54) is 0 Å². The number of allylic oxidation sites excluding steroid dienone is 1. The molecule has 0 aromatic heterocycles. The SMILES string of the molecule is O=CCC=Cc1cccc(Cl)c1. The molecule has 0 atom stereocenters. The van der Waals surface area contributed by atoms with E-state index in [-0.39, 0.29) is 0 Å². The van der Waals surface area contributed by atoms with E-state index in [0.717, 1.165) is 11.8 Å². The van der Waals surface area contributed by atoms with E-state index >= 15 is 0 Å². The minimum Gasteiger partial charge on any atom is -0.303 e. The average molecular weight is 181 g/mol. The fourth-order valence-electron chi connectivity index (χ4n) is 0.870. The molecule has 0 fully saturated rings. The van der Waals surface area contributed by atoms with Crippen LogP contribution in [0.2, 0.25) is 5.02 Å². The summed E-state index contributed by atoms with van der Waals surface area (Å²) in [6.07, 6.45) is 4.99. The zero-order chi connectivity index (χ0) is 8.81. The van der Waals surface area contributed by atoms with Gasteiger partial charge in [-0.25, -0.2) is 0 Å². The van der Waals surface area contributed by atoms with Gasteiger partial charge in [0, 0.05) is 11.4 Å². The molecule has 0 aliphatic carbocycles. The normalized spacial score (nSPS) is 10.4. The highest BCUT2D eigenvalue weighted by Gasteiger charge is 1.87. The van der Waals surface area contributed by atoms with Crippen LogP contribution in [0.5, 0.6) is 0 Å². The summed E-state index contributed by atoms with van der Waals surface area (Å²) in [4.78, 5) is 9.98. The Morgan fingerprint density at radius 1 is 1.42 bits per heavy atom. The molecule has 0 heterocycles. The Kier molecular flexibility index (Phi) is 3.55. The van der Waals surface area contributed by atoms with E-state index in [1.807, 2.05) is 30.3 Å². The summed E-state index contributed by atoms with van der Waals surface area (Å²) in [5, 5.41) is 0.711. The van der Waals surface area contributed by atoms with E-state index in [1.54, 1.807) is 6.08 Å². The standard InChI is InChI=1S/C10H9ClO/c11-10-6-3-5-9(8-10)4-1-2-7-12/h1,3-8H,2H2. The van der Waals surface area contributed by atoms with Crippen molar-refractivity contribution in [1.29, 1.82) is 0 Å². The molecule has 12 heavy (non-hydrogen) atoms. The largest absolute Gasteiger partial charge is 0.303 e. The van der Waals surface area contributed by atoms with Crippen LogP contribution in [0, 0.1) is 0 Å². The number of carbonyl (C=O) groups is 1. The number of aldehydes is 1. The number of rotatable bonds is 3. The maximum atomic E-state index is 9.98. The lowest BCUT2D eigenvalue weighted by Gasteiger charge is -1.92. The van der Waals surface area contributed by atoms with Crippen molar-refractivity contribution in [2.75, 3.05) is 0 Å². The fourth-order valence-corrected chi connectivity index (χ4v) is 1.07. The highest BCUT2D eigenvalue weighted by Crippen LogP contribution is 2.11. The number of benzene rings is 1. The van der Waals surface area contributed by atoms with Gasteiger partial charge in [0.05, 0.1) is 0 Å². The lowest BCUT2D eigenvalue weighted by Crippen LogP contribution is -1.71. The van der Waals surface area contributed by atoms with Gasteiger partial charge in [-0.15, -0.1) is 0 Å². The molecular weight excluding hydrogens is 172 g/mol. The molecule has 0 aliphatic heterocycles. The van der Waals surface area contributed by atoms with Crippen LogP contribution in [0.15, 0.2) is 30.3 Å². The summed E-state index contributed by atoms with van der Waals surface area (Å²) in [6.45, 7) is 0. The molecule has 0 aliphatic rings. The number of hydrogen-bond acceptors (Lipinski definition) is 1. The third-order valence-corrected chi connectivity index (χ3v) is 1.63. The third-order valence-electron chi connectivity index (χ3n) is 1.39. The van der Waals surface area contributed by atoms with E-state index < -0.39 is 0 Å². The van der Waals surface area contributed by atoms with Crippen LogP contribution < -0.4 is 0 Å². The lowest BCUT2D eigenvalue weighted by molar-refractivity contribution is -0.107. The zero-order valence-corrected chi connectivity index (χ0v) is 7.29. The van der Waals surface area contributed by atoms with E-state index in [0.29, 0.717) is 11.4 Å². The van der Waals surface area contributed by atoms with Crippen LogP contribution in [-0.2, 0) is 4.79 Å². The van der Waals surface area contributed by atoms with Crippen molar-refractivity contribution >= 4 is 24.0 Å². The predicted octanol–water partition coefficient (Wildman–Crippen LogP) is 2.94. The summed E-state index contributed by atoms with van der Waals surface area (Å²) in [5.41, 5.74) is 1.02. The van der Waals surface area contributed by atoms with Gasteiger partial charge in [0.1, 0.15) is 6.29 Å². The Labute approximate surface area is 76.7 Å². The molecule has 1 nitrogen and oxygen atoms in total. The molecule has 0 saturated carbocycles.